The molecule has 3 rings (SSSR count). The first-order valence-corrected chi connectivity index (χ1v) is 9.06. The molecule has 27 heavy (non-hydrogen) atoms. The Morgan fingerprint density at radius 1 is 1.26 bits per heavy atom. The van der Waals surface area contributed by atoms with Crippen molar-refractivity contribution in [3.63, 3.8) is 0 Å². The van der Waals surface area contributed by atoms with E-state index in [1.807, 2.05) is 6.07 Å². The van der Waals surface area contributed by atoms with E-state index < -0.39 is 23.7 Å². The van der Waals surface area contributed by atoms with Gasteiger partial charge in [-0.3, -0.25) is 0 Å². The average molecular weight is 386 g/mol. The van der Waals surface area contributed by atoms with Gasteiger partial charge in [-0.25, -0.2) is 9.78 Å². The SMILES string of the molecule is Cc1nc(N2CCOCC2)ccc1NC(=O)N1CCC(C(F)(F)F)C1(C)C. The summed E-state index contributed by atoms with van der Waals surface area (Å²) in [6.45, 7) is 7.55. The third-order valence-electron chi connectivity index (χ3n) is 5.48. The first-order valence-electron chi connectivity index (χ1n) is 9.06. The van der Waals surface area contributed by atoms with Gasteiger partial charge in [0, 0.05) is 19.6 Å². The molecular formula is C18H25F3N4O2. The Kier molecular flexibility index (Phi) is 5.24. The van der Waals surface area contributed by atoms with Gasteiger partial charge in [0.2, 0.25) is 0 Å². The standard InChI is InChI=1S/C18H25F3N4O2/c1-12-13(4-5-15(22-12)24-8-10-27-11-9-24)23-16(26)25-7-6-14(17(25,2)3)18(19,20)21/h4-5,14H,6-11H2,1-3H3,(H,23,26). The zero-order valence-electron chi connectivity index (χ0n) is 15.8. The molecule has 1 N–H and O–H groups in total. The Balaban J connectivity index is 1.71. The molecule has 2 aliphatic heterocycles. The molecule has 1 aromatic rings. The summed E-state index contributed by atoms with van der Waals surface area (Å²) in [7, 11) is 0. The summed E-state index contributed by atoms with van der Waals surface area (Å²) in [6, 6.07) is 3.02. The summed E-state index contributed by atoms with van der Waals surface area (Å²) in [5.74, 6) is -0.730. The molecule has 0 saturated carbocycles. The van der Waals surface area contributed by atoms with Crippen molar-refractivity contribution in [2.24, 2.45) is 5.92 Å². The predicted octanol–water partition coefficient (Wildman–Crippen LogP) is 3.42. The number of hydrogen-bond acceptors (Lipinski definition) is 4. The van der Waals surface area contributed by atoms with Crippen LogP contribution in [0.5, 0.6) is 0 Å². The number of carbonyl (C=O) groups is 1. The molecule has 2 aliphatic rings. The molecule has 0 aliphatic carbocycles. The lowest BCUT2D eigenvalue weighted by Crippen LogP contribution is -2.51. The summed E-state index contributed by atoms with van der Waals surface area (Å²) in [5, 5.41) is 2.72. The Labute approximate surface area is 156 Å². The third-order valence-corrected chi connectivity index (χ3v) is 5.48. The average Bonchev–Trinajstić information content (AvgIpc) is 2.92. The monoisotopic (exact) mass is 386 g/mol. The first kappa shape index (κ1) is 19.7. The summed E-state index contributed by atoms with van der Waals surface area (Å²) in [5.41, 5.74) is -0.169. The second kappa shape index (κ2) is 7.18. The van der Waals surface area contributed by atoms with Crippen molar-refractivity contribution in [2.45, 2.75) is 38.9 Å². The number of aromatic nitrogens is 1. The van der Waals surface area contributed by atoms with Gasteiger partial charge in [-0.1, -0.05) is 0 Å². The maximum absolute atomic E-state index is 13.2. The predicted molar refractivity (Wildman–Crippen MR) is 96.0 cm³/mol. The molecule has 2 amide bonds. The number of halogens is 3. The lowest BCUT2D eigenvalue weighted by molar-refractivity contribution is -0.189. The number of rotatable bonds is 2. The number of aryl methyl sites for hydroxylation is 1. The maximum Gasteiger partial charge on any atom is 0.394 e. The van der Waals surface area contributed by atoms with Gasteiger partial charge < -0.3 is 19.9 Å². The molecule has 1 atom stereocenters. The molecular weight excluding hydrogens is 361 g/mol. The first-order chi connectivity index (χ1) is 12.6. The highest BCUT2D eigenvalue weighted by molar-refractivity contribution is 5.90. The van der Waals surface area contributed by atoms with Gasteiger partial charge in [-0.2, -0.15) is 13.2 Å². The number of nitrogens with one attached hydrogen (secondary N) is 1. The zero-order chi connectivity index (χ0) is 19.8. The Morgan fingerprint density at radius 3 is 2.48 bits per heavy atom. The number of ether oxygens (including phenoxy) is 1. The summed E-state index contributed by atoms with van der Waals surface area (Å²) >= 11 is 0. The van der Waals surface area contributed by atoms with E-state index in [0.717, 1.165) is 18.9 Å². The molecule has 0 radical (unpaired) electrons. The quantitative estimate of drug-likeness (QED) is 0.846. The summed E-state index contributed by atoms with van der Waals surface area (Å²) < 4.78 is 45.0. The van der Waals surface area contributed by atoms with Gasteiger partial charge in [-0.05, 0) is 39.3 Å². The van der Waals surface area contributed by atoms with Gasteiger partial charge in [0.05, 0.1) is 36.1 Å². The van der Waals surface area contributed by atoms with Gasteiger partial charge in [0.1, 0.15) is 5.82 Å². The maximum atomic E-state index is 13.2. The van der Waals surface area contributed by atoms with Crippen molar-refractivity contribution in [1.29, 1.82) is 0 Å². The second-order valence-corrected chi connectivity index (χ2v) is 7.52. The smallest absolute Gasteiger partial charge is 0.378 e. The topological polar surface area (TPSA) is 57.7 Å². The molecule has 0 aromatic carbocycles. The van der Waals surface area contributed by atoms with Crippen LogP contribution in [0.4, 0.5) is 29.5 Å². The van der Waals surface area contributed by atoms with E-state index >= 15 is 0 Å². The van der Waals surface area contributed by atoms with Crippen molar-refractivity contribution >= 4 is 17.5 Å². The number of pyridine rings is 1. The van der Waals surface area contributed by atoms with Crippen LogP contribution in [-0.4, -0.2) is 60.5 Å². The van der Waals surface area contributed by atoms with Crippen molar-refractivity contribution < 1.29 is 22.7 Å². The van der Waals surface area contributed by atoms with Crippen molar-refractivity contribution in [1.82, 2.24) is 9.88 Å². The number of urea groups is 1. The van der Waals surface area contributed by atoms with Gasteiger partial charge in [-0.15, -0.1) is 0 Å². The van der Waals surface area contributed by atoms with Crippen LogP contribution in [0.3, 0.4) is 0 Å². The van der Waals surface area contributed by atoms with Crippen molar-refractivity contribution in [3.8, 4) is 0 Å². The van der Waals surface area contributed by atoms with E-state index in [2.05, 4.69) is 15.2 Å². The molecule has 3 heterocycles. The van der Waals surface area contributed by atoms with E-state index in [-0.39, 0.29) is 13.0 Å². The molecule has 1 unspecified atom stereocenters. The van der Waals surface area contributed by atoms with Crippen LogP contribution in [0.25, 0.3) is 0 Å². The Hall–Kier alpha value is -2.03. The van der Waals surface area contributed by atoms with Gasteiger partial charge in [0.15, 0.2) is 0 Å². The lowest BCUT2D eigenvalue weighted by atomic mass is 9.88. The van der Waals surface area contributed by atoms with E-state index in [1.165, 1.54) is 18.7 Å². The number of carbonyl (C=O) groups excluding carboxylic acids is 1. The minimum absolute atomic E-state index is 0.0708. The number of likely N-dealkylation sites (tertiary alicyclic amines) is 1. The molecule has 6 nitrogen and oxygen atoms in total. The number of hydrogen-bond donors (Lipinski definition) is 1. The summed E-state index contributed by atoms with van der Waals surface area (Å²) in [4.78, 5) is 20.5. The molecule has 150 valence electrons. The highest BCUT2D eigenvalue weighted by atomic mass is 19.4. The fraction of sp³-hybridized carbons (Fsp3) is 0.667. The molecule has 2 fully saturated rings. The molecule has 0 spiro atoms. The minimum atomic E-state index is -4.32. The van der Waals surface area contributed by atoms with E-state index in [0.29, 0.717) is 24.6 Å². The fourth-order valence-electron chi connectivity index (χ4n) is 3.85. The minimum Gasteiger partial charge on any atom is -0.378 e. The van der Waals surface area contributed by atoms with Crippen LogP contribution in [0.2, 0.25) is 0 Å². The van der Waals surface area contributed by atoms with E-state index in [9.17, 15) is 18.0 Å². The number of anilines is 2. The fourth-order valence-corrected chi connectivity index (χ4v) is 3.85. The van der Waals surface area contributed by atoms with Crippen LogP contribution in [0, 0.1) is 12.8 Å². The molecule has 9 heteroatoms. The van der Waals surface area contributed by atoms with Crippen molar-refractivity contribution in [3.05, 3.63) is 17.8 Å². The van der Waals surface area contributed by atoms with Crippen molar-refractivity contribution in [2.75, 3.05) is 43.1 Å². The number of amides is 2. The largest absolute Gasteiger partial charge is 0.394 e. The van der Waals surface area contributed by atoms with Crippen LogP contribution in [0.1, 0.15) is 26.0 Å². The Morgan fingerprint density at radius 2 is 1.93 bits per heavy atom. The zero-order valence-corrected chi connectivity index (χ0v) is 15.8. The van der Waals surface area contributed by atoms with Crippen LogP contribution < -0.4 is 10.2 Å². The summed E-state index contributed by atoms with van der Waals surface area (Å²) in [6.07, 6.45) is -4.41. The van der Waals surface area contributed by atoms with E-state index in [4.69, 9.17) is 4.74 Å². The highest BCUT2D eigenvalue weighted by Gasteiger charge is 2.56. The normalized spacial score (nSPS) is 22.8. The van der Waals surface area contributed by atoms with Crippen LogP contribution in [-0.2, 0) is 4.74 Å². The molecule has 1 aromatic heterocycles. The third kappa shape index (κ3) is 3.97. The van der Waals surface area contributed by atoms with Crippen LogP contribution >= 0.6 is 0 Å². The lowest BCUT2D eigenvalue weighted by Gasteiger charge is -2.36. The Bertz CT molecular complexity index is 702. The second-order valence-electron chi connectivity index (χ2n) is 7.52. The highest BCUT2D eigenvalue weighted by Crippen LogP contribution is 2.44. The number of alkyl halides is 3. The molecule has 2 saturated heterocycles. The number of morpholine rings is 1. The number of nitrogens with zero attached hydrogens (tertiary/aromatic N) is 3. The van der Waals surface area contributed by atoms with Crippen LogP contribution in [0.15, 0.2) is 12.1 Å². The molecule has 0 bridgehead atoms. The van der Waals surface area contributed by atoms with Gasteiger partial charge in [0.25, 0.3) is 0 Å². The van der Waals surface area contributed by atoms with E-state index in [1.54, 1.807) is 13.0 Å². The van der Waals surface area contributed by atoms with Gasteiger partial charge >= 0.3 is 12.2 Å².